The van der Waals surface area contributed by atoms with Crippen molar-refractivity contribution in [2.45, 2.75) is 6.42 Å². The molecule has 2 nitrogen and oxygen atoms in total. The molecule has 0 unspecified atom stereocenters. The van der Waals surface area contributed by atoms with E-state index in [4.69, 9.17) is 27.9 Å². The van der Waals surface area contributed by atoms with Gasteiger partial charge in [0.2, 0.25) is 0 Å². The highest BCUT2D eigenvalue weighted by atomic mass is 35.5. The summed E-state index contributed by atoms with van der Waals surface area (Å²) < 4.78 is 31.7. The van der Waals surface area contributed by atoms with Crippen LogP contribution in [0.25, 0.3) is 0 Å². The molecule has 0 radical (unpaired) electrons. The Hall–Kier alpha value is -1.65. The van der Waals surface area contributed by atoms with Crippen LogP contribution in [0.1, 0.15) is 15.9 Å². The zero-order chi connectivity index (χ0) is 15.6. The first-order valence-corrected chi connectivity index (χ1v) is 6.68. The minimum absolute atomic E-state index is 0.0389. The van der Waals surface area contributed by atoms with E-state index in [2.05, 4.69) is 0 Å². The normalized spacial score (nSPS) is 10.5. The predicted molar refractivity (Wildman–Crippen MR) is 77.4 cm³/mol. The average molecular weight is 331 g/mol. The van der Waals surface area contributed by atoms with Gasteiger partial charge in [-0.2, -0.15) is 0 Å². The van der Waals surface area contributed by atoms with Crippen molar-refractivity contribution in [2.24, 2.45) is 0 Å². The SMILES string of the molecule is COc1cc(Cl)c(C(=O)Cc2cccc(F)c2F)cc1Cl. The van der Waals surface area contributed by atoms with E-state index >= 15 is 0 Å². The van der Waals surface area contributed by atoms with Crippen LogP contribution in [-0.2, 0) is 6.42 Å². The van der Waals surface area contributed by atoms with Gasteiger partial charge in [-0.3, -0.25) is 4.79 Å². The number of benzene rings is 2. The van der Waals surface area contributed by atoms with Gasteiger partial charge in [0.15, 0.2) is 17.4 Å². The standard InChI is InChI=1S/C15H10Cl2F2O2/c1-21-14-7-10(16)9(6-11(14)17)13(20)5-8-3-2-4-12(18)15(8)19/h2-4,6-7H,5H2,1H3. The largest absolute Gasteiger partial charge is 0.495 e. The van der Waals surface area contributed by atoms with Gasteiger partial charge in [0, 0.05) is 18.1 Å². The van der Waals surface area contributed by atoms with Crippen molar-refractivity contribution in [1.82, 2.24) is 0 Å². The number of hydrogen-bond donors (Lipinski definition) is 0. The lowest BCUT2D eigenvalue weighted by atomic mass is 10.0. The van der Waals surface area contributed by atoms with Crippen molar-refractivity contribution in [2.75, 3.05) is 7.11 Å². The van der Waals surface area contributed by atoms with Crippen LogP contribution in [-0.4, -0.2) is 12.9 Å². The molecule has 0 fully saturated rings. The van der Waals surface area contributed by atoms with Crippen LogP contribution in [0.5, 0.6) is 5.75 Å². The predicted octanol–water partition coefficient (Wildman–Crippen LogP) is 4.71. The molecule has 0 N–H and O–H groups in total. The van der Waals surface area contributed by atoms with E-state index in [1.54, 1.807) is 0 Å². The molecule has 0 amide bonds. The number of carbonyl (C=O) groups excluding carboxylic acids is 1. The van der Waals surface area contributed by atoms with Gasteiger partial charge >= 0.3 is 0 Å². The number of carbonyl (C=O) groups is 1. The maximum Gasteiger partial charge on any atom is 0.168 e. The van der Waals surface area contributed by atoms with Gasteiger partial charge in [-0.05, 0) is 17.7 Å². The van der Waals surface area contributed by atoms with Gasteiger partial charge in [-0.15, -0.1) is 0 Å². The Bertz CT molecular complexity index is 702. The van der Waals surface area contributed by atoms with E-state index < -0.39 is 17.4 Å². The van der Waals surface area contributed by atoms with Crippen LogP contribution in [0.4, 0.5) is 8.78 Å². The molecule has 0 aromatic heterocycles. The fraction of sp³-hybridized carbons (Fsp3) is 0.133. The summed E-state index contributed by atoms with van der Waals surface area (Å²) >= 11 is 11.9. The molecule has 0 aliphatic rings. The van der Waals surface area contributed by atoms with Gasteiger partial charge in [-0.1, -0.05) is 35.3 Å². The topological polar surface area (TPSA) is 26.3 Å². The van der Waals surface area contributed by atoms with Gasteiger partial charge in [0.1, 0.15) is 5.75 Å². The van der Waals surface area contributed by atoms with Crippen LogP contribution >= 0.6 is 23.2 Å². The molecule has 0 saturated heterocycles. The Morgan fingerprint density at radius 3 is 2.57 bits per heavy atom. The third-order valence-corrected chi connectivity index (χ3v) is 3.53. The number of methoxy groups -OCH3 is 1. The first kappa shape index (κ1) is 15.7. The number of hydrogen-bond acceptors (Lipinski definition) is 2. The first-order chi connectivity index (χ1) is 9.93. The van der Waals surface area contributed by atoms with Crippen molar-refractivity contribution in [3.8, 4) is 5.75 Å². The van der Waals surface area contributed by atoms with Crippen molar-refractivity contribution in [1.29, 1.82) is 0 Å². The molecule has 0 bridgehead atoms. The summed E-state index contributed by atoms with van der Waals surface area (Å²) in [5, 5.41) is 0.350. The summed E-state index contributed by atoms with van der Waals surface area (Å²) in [5.74, 6) is -2.18. The van der Waals surface area contributed by atoms with E-state index in [1.165, 1.54) is 31.4 Å². The smallest absolute Gasteiger partial charge is 0.168 e. The van der Waals surface area contributed by atoms with Crippen molar-refractivity contribution in [3.63, 3.8) is 0 Å². The number of ketones is 1. The lowest BCUT2D eigenvalue weighted by Crippen LogP contribution is -2.07. The van der Waals surface area contributed by atoms with Crippen LogP contribution < -0.4 is 4.74 Å². The number of ether oxygens (including phenoxy) is 1. The highest BCUT2D eigenvalue weighted by Crippen LogP contribution is 2.31. The third-order valence-electron chi connectivity index (χ3n) is 2.92. The molecule has 2 aromatic carbocycles. The Morgan fingerprint density at radius 1 is 1.19 bits per heavy atom. The van der Waals surface area contributed by atoms with Gasteiger partial charge < -0.3 is 4.74 Å². The van der Waals surface area contributed by atoms with Crippen LogP contribution in [0, 0.1) is 11.6 Å². The highest BCUT2D eigenvalue weighted by molar-refractivity contribution is 6.36. The fourth-order valence-electron chi connectivity index (χ4n) is 1.85. The molecule has 21 heavy (non-hydrogen) atoms. The first-order valence-electron chi connectivity index (χ1n) is 5.93. The Balaban J connectivity index is 2.33. The lowest BCUT2D eigenvalue weighted by Gasteiger charge is -2.09. The van der Waals surface area contributed by atoms with Gasteiger partial charge in [-0.25, -0.2) is 8.78 Å². The molecule has 0 saturated carbocycles. The molecule has 6 heteroatoms. The van der Waals surface area contributed by atoms with E-state index in [0.29, 0.717) is 5.75 Å². The second-order valence-electron chi connectivity index (χ2n) is 4.28. The van der Waals surface area contributed by atoms with Crippen molar-refractivity contribution < 1.29 is 18.3 Å². The minimum Gasteiger partial charge on any atom is -0.495 e. The maximum absolute atomic E-state index is 13.6. The van der Waals surface area contributed by atoms with Crippen LogP contribution in [0.15, 0.2) is 30.3 Å². The summed E-state index contributed by atoms with van der Waals surface area (Å²) in [6, 6.07) is 6.42. The average Bonchev–Trinajstić information content (AvgIpc) is 2.45. The second-order valence-corrected chi connectivity index (χ2v) is 5.09. The zero-order valence-corrected chi connectivity index (χ0v) is 12.4. The summed E-state index contributed by atoms with van der Waals surface area (Å²) in [6.07, 6.45) is -0.314. The molecule has 0 aliphatic heterocycles. The second kappa shape index (κ2) is 6.41. The number of halogens is 4. The van der Waals surface area contributed by atoms with Gasteiger partial charge in [0.25, 0.3) is 0 Å². The fourth-order valence-corrected chi connectivity index (χ4v) is 2.35. The molecule has 0 heterocycles. The van der Waals surface area contributed by atoms with Crippen LogP contribution in [0.2, 0.25) is 10.0 Å². The van der Waals surface area contributed by atoms with E-state index in [0.717, 1.165) is 6.07 Å². The number of rotatable bonds is 4. The Labute approximate surface area is 130 Å². The monoisotopic (exact) mass is 330 g/mol. The molecule has 2 rings (SSSR count). The third kappa shape index (κ3) is 3.34. The van der Waals surface area contributed by atoms with Crippen molar-refractivity contribution >= 4 is 29.0 Å². The summed E-state index contributed by atoms with van der Waals surface area (Å²) in [6.45, 7) is 0. The molecule has 110 valence electrons. The zero-order valence-electron chi connectivity index (χ0n) is 10.9. The molecule has 0 atom stereocenters. The van der Waals surface area contributed by atoms with E-state index in [1.807, 2.05) is 0 Å². The molecular formula is C15H10Cl2F2O2. The molecule has 0 spiro atoms. The highest BCUT2D eigenvalue weighted by Gasteiger charge is 2.17. The Kier molecular flexibility index (Phi) is 4.80. The van der Waals surface area contributed by atoms with Crippen molar-refractivity contribution in [3.05, 3.63) is 63.1 Å². The van der Waals surface area contributed by atoms with Crippen LogP contribution in [0.3, 0.4) is 0 Å². The van der Waals surface area contributed by atoms with Gasteiger partial charge in [0.05, 0.1) is 17.2 Å². The maximum atomic E-state index is 13.6. The quantitative estimate of drug-likeness (QED) is 0.759. The van der Waals surface area contributed by atoms with E-state index in [-0.39, 0.29) is 27.6 Å². The number of Topliss-reactive ketones (excluding diaryl/α,β-unsaturated/α-hetero) is 1. The summed E-state index contributed by atoms with van der Waals surface area (Å²) in [5.41, 5.74) is 0.0918. The molecular weight excluding hydrogens is 321 g/mol. The summed E-state index contributed by atoms with van der Waals surface area (Å²) in [4.78, 5) is 12.2. The van der Waals surface area contributed by atoms with E-state index in [9.17, 15) is 13.6 Å². The lowest BCUT2D eigenvalue weighted by molar-refractivity contribution is 0.0992. The summed E-state index contributed by atoms with van der Waals surface area (Å²) in [7, 11) is 1.42. The minimum atomic E-state index is -1.04. The Morgan fingerprint density at radius 2 is 1.90 bits per heavy atom. The molecule has 0 aliphatic carbocycles. The molecule has 2 aromatic rings.